The summed E-state index contributed by atoms with van der Waals surface area (Å²) in [6, 6.07) is 5.04. The van der Waals surface area contributed by atoms with E-state index in [4.69, 9.17) is 21.1 Å². The average Bonchev–Trinajstić information content (AvgIpc) is 2.81. The van der Waals surface area contributed by atoms with Crippen LogP contribution >= 0.6 is 11.6 Å². The van der Waals surface area contributed by atoms with Gasteiger partial charge in [-0.25, -0.2) is 19.1 Å². The summed E-state index contributed by atoms with van der Waals surface area (Å²) in [5.41, 5.74) is -0.503. The summed E-state index contributed by atoms with van der Waals surface area (Å²) in [4.78, 5) is 45.3. The van der Waals surface area contributed by atoms with Crippen molar-refractivity contribution in [3.8, 4) is 5.75 Å². The molecule has 0 saturated heterocycles. The quantitative estimate of drug-likeness (QED) is 0.587. The molecule has 9 nitrogen and oxygen atoms in total. The monoisotopic (exact) mass is 478 g/mol. The third-order valence-electron chi connectivity index (χ3n) is 5.86. The van der Waals surface area contributed by atoms with Crippen molar-refractivity contribution in [1.29, 1.82) is 0 Å². The van der Waals surface area contributed by atoms with Gasteiger partial charge in [0.05, 0.1) is 30.3 Å². The molecule has 1 aliphatic rings. The van der Waals surface area contributed by atoms with Crippen LogP contribution in [0.15, 0.2) is 32.8 Å². The van der Waals surface area contributed by atoms with E-state index in [1.165, 1.54) is 18.1 Å². The lowest BCUT2D eigenvalue weighted by Crippen LogP contribution is -2.51. The van der Waals surface area contributed by atoms with Gasteiger partial charge in [0.25, 0.3) is 0 Å². The number of carbonyl (C=O) groups excluding carboxylic acids is 1. The minimum Gasteiger partial charge on any atom is -0.492 e. The molecule has 1 N–H and O–H groups in total. The van der Waals surface area contributed by atoms with Gasteiger partial charge in [-0.3, -0.25) is 14.3 Å². The van der Waals surface area contributed by atoms with E-state index < -0.39 is 23.3 Å². The molecule has 1 aromatic carbocycles. The van der Waals surface area contributed by atoms with Crippen LogP contribution in [0.1, 0.15) is 46.0 Å². The number of esters is 1. The van der Waals surface area contributed by atoms with Crippen LogP contribution in [0.3, 0.4) is 0 Å². The smallest absolute Gasteiger partial charge is 0.335 e. The number of ether oxygens (including phenoxy) is 2. The fraction of sp³-hybridized carbons (Fsp3) is 0.565. The first kappa shape index (κ1) is 24.8. The molecule has 180 valence electrons. The molecule has 0 radical (unpaired) electrons. The number of aromatic nitrogens is 3. The van der Waals surface area contributed by atoms with Gasteiger partial charge in [0.1, 0.15) is 5.75 Å². The van der Waals surface area contributed by atoms with E-state index in [0.29, 0.717) is 35.5 Å². The number of benzene rings is 1. The average molecular weight is 479 g/mol. The predicted molar refractivity (Wildman–Crippen MR) is 125 cm³/mol. The molecule has 0 spiro atoms. The Labute approximate surface area is 197 Å². The summed E-state index contributed by atoms with van der Waals surface area (Å²) in [6.45, 7) is 4.31. The Morgan fingerprint density at radius 1 is 1.24 bits per heavy atom. The van der Waals surface area contributed by atoms with E-state index in [0.717, 1.165) is 30.3 Å². The standard InChI is InChI=1S/C23H31ClN4O5/c1-4-33-19-11-10-17(12-18(19)24)25-21-26-22(30)28(13-15(2)20(29)32-3)23(31)27(21)14-16-8-6-5-7-9-16/h10-12,15-16H,4-9,13-14H2,1-3H3,(H,25,26,30)/t15-/m1/s1. The van der Waals surface area contributed by atoms with Crippen LogP contribution in [0.25, 0.3) is 0 Å². The highest BCUT2D eigenvalue weighted by molar-refractivity contribution is 6.32. The summed E-state index contributed by atoms with van der Waals surface area (Å²) in [5.74, 6) is -0.289. The highest BCUT2D eigenvalue weighted by Gasteiger charge is 2.20. The van der Waals surface area contributed by atoms with Crippen molar-refractivity contribution in [3.05, 3.63) is 49.8 Å². The number of nitrogens with one attached hydrogen (secondary N) is 1. The molecule has 33 heavy (non-hydrogen) atoms. The molecule has 1 heterocycles. The highest BCUT2D eigenvalue weighted by atomic mass is 35.5. The molecule has 1 fully saturated rings. The lowest BCUT2D eigenvalue weighted by molar-refractivity contribution is -0.145. The maximum Gasteiger partial charge on any atom is 0.335 e. The second-order valence-corrected chi connectivity index (χ2v) is 8.75. The summed E-state index contributed by atoms with van der Waals surface area (Å²) >= 11 is 6.28. The number of aromatic amines is 1. The van der Waals surface area contributed by atoms with Crippen LogP contribution in [-0.2, 0) is 22.6 Å². The SMILES string of the molecule is CCOc1ccc(/N=c2\[nH]c(=O)n(C[C@@H](C)C(=O)OC)c(=O)n2CC2CCCCC2)cc1Cl. The van der Waals surface area contributed by atoms with E-state index in [-0.39, 0.29) is 12.2 Å². The molecular weight excluding hydrogens is 448 g/mol. The Bertz CT molecular complexity index is 1160. The second-order valence-electron chi connectivity index (χ2n) is 8.35. The van der Waals surface area contributed by atoms with Gasteiger partial charge in [-0.15, -0.1) is 0 Å². The number of H-pyrrole nitrogens is 1. The Kier molecular flexibility index (Phi) is 8.55. The second kappa shape index (κ2) is 11.4. The van der Waals surface area contributed by atoms with Crippen molar-refractivity contribution < 1.29 is 14.3 Å². The van der Waals surface area contributed by atoms with Gasteiger partial charge in [0.15, 0.2) is 0 Å². The van der Waals surface area contributed by atoms with E-state index in [9.17, 15) is 14.4 Å². The van der Waals surface area contributed by atoms with Crippen molar-refractivity contribution in [3.63, 3.8) is 0 Å². The third kappa shape index (κ3) is 6.16. The number of carbonyl (C=O) groups is 1. The zero-order valence-corrected chi connectivity index (χ0v) is 20.1. The zero-order valence-electron chi connectivity index (χ0n) is 19.3. The van der Waals surface area contributed by atoms with Gasteiger partial charge in [-0.1, -0.05) is 37.8 Å². The molecule has 0 amide bonds. The largest absolute Gasteiger partial charge is 0.492 e. The molecule has 2 aromatic rings. The molecule has 0 unspecified atom stereocenters. The van der Waals surface area contributed by atoms with Crippen LogP contribution in [0.4, 0.5) is 5.69 Å². The number of halogens is 1. The molecule has 0 bridgehead atoms. The van der Waals surface area contributed by atoms with Crippen LogP contribution in [0.2, 0.25) is 5.02 Å². The van der Waals surface area contributed by atoms with Gasteiger partial charge in [-0.05, 0) is 43.9 Å². The van der Waals surface area contributed by atoms with Gasteiger partial charge in [0.2, 0.25) is 5.62 Å². The Morgan fingerprint density at radius 3 is 2.61 bits per heavy atom. The molecular formula is C23H31ClN4O5. The maximum atomic E-state index is 13.4. The lowest BCUT2D eigenvalue weighted by Gasteiger charge is -2.22. The number of methoxy groups -OCH3 is 1. The Hall–Kier alpha value is -2.81. The molecule has 1 saturated carbocycles. The maximum absolute atomic E-state index is 13.4. The van der Waals surface area contributed by atoms with Crippen molar-refractivity contribution >= 4 is 23.3 Å². The number of hydrogen-bond acceptors (Lipinski definition) is 6. The van der Waals surface area contributed by atoms with Gasteiger partial charge < -0.3 is 9.47 Å². The van der Waals surface area contributed by atoms with Crippen LogP contribution in [-0.4, -0.2) is 33.8 Å². The summed E-state index contributed by atoms with van der Waals surface area (Å²) in [5, 5.41) is 0.388. The third-order valence-corrected chi connectivity index (χ3v) is 6.15. The van der Waals surface area contributed by atoms with Gasteiger partial charge in [0, 0.05) is 13.1 Å². The summed E-state index contributed by atoms with van der Waals surface area (Å²) in [7, 11) is 1.28. The molecule has 1 atom stereocenters. The topological polar surface area (TPSA) is 108 Å². The fourth-order valence-electron chi connectivity index (χ4n) is 4.10. The van der Waals surface area contributed by atoms with Crippen LogP contribution in [0.5, 0.6) is 5.75 Å². The van der Waals surface area contributed by atoms with E-state index in [2.05, 4.69) is 9.98 Å². The van der Waals surface area contributed by atoms with Crippen molar-refractivity contribution in [2.24, 2.45) is 16.8 Å². The number of hydrogen-bond donors (Lipinski definition) is 1. The van der Waals surface area contributed by atoms with Gasteiger partial charge in [-0.2, -0.15) is 0 Å². The Balaban J connectivity index is 2.09. The minimum atomic E-state index is -0.648. The number of nitrogens with zero attached hydrogens (tertiary/aromatic N) is 3. The molecule has 1 aromatic heterocycles. The molecule has 10 heteroatoms. The highest BCUT2D eigenvalue weighted by Crippen LogP contribution is 2.28. The Morgan fingerprint density at radius 2 is 1.97 bits per heavy atom. The summed E-state index contributed by atoms with van der Waals surface area (Å²) < 4.78 is 12.7. The molecule has 1 aliphatic carbocycles. The van der Waals surface area contributed by atoms with Crippen molar-refractivity contribution in [1.82, 2.24) is 14.1 Å². The normalized spacial score (nSPS) is 15.9. The van der Waals surface area contributed by atoms with Gasteiger partial charge >= 0.3 is 17.3 Å². The van der Waals surface area contributed by atoms with Crippen molar-refractivity contribution in [2.45, 2.75) is 59.0 Å². The van der Waals surface area contributed by atoms with Crippen LogP contribution < -0.4 is 21.7 Å². The van der Waals surface area contributed by atoms with E-state index >= 15 is 0 Å². The minimum absolute atomic E-state index is 0.0827. The number of rotatable bonds is 8. The van der Waals surface area contributed by atoms with E-state index in [1.54, 1.807) is 25.1 Å². The predicted octanol–water partition coefficient (Wildman–Crippen LogP) is 3.01. The lowest BCUT2D eigenvalue weighted by atomic mass is 9.89. The fourth-order valence-corrected chi connectivity index (χ4v) is 4.33. The first-order valence-corrected chi connectivity index (χ1v) is 11.7. The zero-order chi connectivity index (χ0) is 24.0. The molecule has 3 rings (SSSR count). The first-order chi connectivity index (χ1) is 15.8. The first-order valence-electron chi connectivity index (χ1n) is 11.3. The summed E-state index contributed by atoms with van der Waals surface area (Å²) in [6.07, 6.45) is 5.44. The molecule has 0 aliphatic heterocycles. The van der Waals surface area contributed by atoms with Crippen LogP contribution in [0, 0.1) is 11.8 Å². The van der Waals surface area contributed by atoms with Crippen molar-refractivity contribution in [2.75, 3.05) is 13.7 Å². The van der Waals surface area contributed by atoms with E-state index in [1.807, 2.05) is 6.92 Å².